The molecular formula is C20H27FN6. The van der Waals surface area contributed by atoms with Crippen molar-refractivity contribution in [1.29, 1.82) is 5.26 Å². The maximum Gasteiger partial charge on any atom is 0.151 e. The molecule has 2 aliphatic rings. The molecule has 2 fully saturated rings. The van der Waals surface area contributed by atoms with Crippen molar-refractivity contribution in [3.63, 3.8) is 0 Å². The van der Waals surface area contributed by atoms with Gasteiger partial charge >= 0.3 is 0 Å². The molecule has 1 heterocycles. The van der Waals surface area contributed by atoms with Crippen molar-refractivity contribution in [2.45, 2.75) is 57.0 Å². The average molecular weight is 370 g/mol. The Morgan fingerprint density at radius 3 is 2.63 bits per heavy atom. The normalized spacial score (nSPS) is 23.8. The van der Waals surface area contributed by atoms with E-state index in [2.05, 4.69) is 15.3 Å². The predicted octanol–water partition coefficient (Wildman–Crippen LogP) is 2.94. The van der Waals surface area contributed by atoms with Crippen LogP contribution in [0.3, 0.4) is 0 Å². The van der Waals surface area contributed by atoms with Crippen molar-refractivity contribution >= 4 is 17.1 Å². The maximum atomic E-state index is 14.7. The van der Waals surface area contributed by atoms with Crippen LogP contribution in [0.4, 0.5) is 10.2 Å². The van der Waals surface area contributed by atoms with Crippen molar-refractivity contribution < 1.29 is 4.39 Å². The van der Waals surface area contributed by atoms with E-state index in [0.29, 0.717) is 17.3 Å². The van der Waals surface area contributed by atoms with E-state index < -0.39 is 5.82 Å². The molecule has 6 nitrogen and oxygen atoms in total. The summed E-state index contributed by atoms with van der Waals surface area (Å²) in [7, 11) is 1.69. The lowest BCUT2D eigenvalue weighted by Crippen LogP contribution is -2.33. The van der Waals surface area contributed by atoms with Crippen LogP contribution in [0.15, 0.2) is 17.3 Å². The molecule has 5 N–H and O–H groups in total. The Bertz CT molecular complexity index is 782. The number of halogens is 1. The Morgan fingerprint density at radius 1 is 1.37 bits per heavy atom. The monoisotopic (exact) mass is 370 g/mol. The minimum Gasteiger partial charge on any atom is -0.404 e. The summed E-state index contributed by atoms with van der Waals surface area (Å²) in [5.41, 5.74) is 13.4. The number of anilines is 1. The molecule has 0 bridgehead atoms. The number of allylic oxidation sites excluding steroid dienone is 1. The molecule has 0 unspecified atom stereocenters. The van der Waals surface area contributed by atoms with Gasteiger partial charge in [0.1, 0.15) is 17.6 Å². The van der Waals surface area contributed by atoms with E-state index >= 15 is 0 Å². The first-order valence-electron chi connectivity index (χ1n) is 9.56. The summed E-state index contributed by atoms with van der Waals surface area (Å²) in [6.45, 7) is 0. The first-order valence-corrected chi connectivity index (χ1v) is 9.56. The van der Waals surface area contributed by atoms with Gasteiger partial charge in [0.25, 0.3) is 0 Å². The minimum atomic E-state index is -0.559. The van der Waals surface area contributed by atoms with E-state index in [9.17, 15) is 9.65 Å². The highest BCUT2D eigenvalue weighted by molar-refractivity contribution is 6.23. The van der Waals surface area contributed by atoms with Crippen LogP contribution in [0.25, 0.3) is 5.57 Å². The number of hydrogen-bond donors (Lipinski definition) is 3. The summed E-state index contributed by atoms with van der Waals surface area (Å²) >= 11 is 0. The fraction of sp³-hybridized carbons (Fsp3) is 0.550. The molecule has 0 saturated heterocycles. The highest BCUT2D eigenvalue weighted by Gasteiger charge is 2.27. The SMILES string of the molecule is CN=C(CC1CC1)C(=CN)c1nc(NC2CCC(N)CC2)c(C#N)cc1F. The van der Waals surface area contributed by atoms with Crippen molar-refractivity contribution in [1.82, 2.24) is 4.98 Å². The van der Waals surface area contributed by atoms with Gasteiger partial charge in [-0.3, -0.25) is 4.99 Å². The van der Waals surface area contributed by atoms with Crippen LogP contribution in [0.5, 0.6) is 0 Å². The summed E-state index contributed by atoms with van der Waals surface area (Å²) in [6.07, 6.45) is 8.13. The summed E-state index contributed by atoms with van der Waals surface area (Å²) in [5, 5.41) is 12.7. The highest BCUT2D eigenvalue weighted by atomic mass is 19.1. The van der Waals surface area contributed by atoms with Crippen LogP contribution in [-0.2, 0) is 0 Å². The molecule has 1 aromatic rings. The van der Waals surface area contributed by atoms with Gasteiger partial charge in [0.15, 0.2) is 5.82 Å². The molecule has 0 radical (unpaired) electrons. The number of nitrogens with zero attached hydrogens (tertiary/aromatic N) is 3. The number of pyridine rings is 1. The molecular weight excluding hydrogens is 343 g/mol. The van der Waals surface area contributed by atoms with Gasteiger partial charge in [-0.05, 0) is 56.9 Å². The van der Waals surface area contributed by atoms with Gasteiger partial charge in [0.2, 0.25) is 0 Å². The van der Waals surface area contributed by atoms with E-state index in [1.165, 1.54) is 12.3 Å². The van der Waals surface area contributed by atoms with Crippen molar-refractivity contribution in [3.05, 3.63) is 29.3 Å². The number of rotatable bonds is 6. The third-order valence-electron chi connectivity index (χ3n) is 5.39. The van der Waals surface area contributed by atoms with Crippen LogP contribution >= 0.6 is 0 Å². The molecule has 0 atom stereocenters. The zero-order chi connectivity index (χ0) is 19.4. The molecule has 0 aliphatic heterocycles. The Kier molecular flexibility index (Phi) is 6.07. The summed E-state index contributed by atoms with van der Waals surface area (Å²) in [5.74, 6) is 0.427. The topological polar surface area (TPSA) is 113 Å². The summed E-state index contributed by atoms with van der Waals surface area (Å²) in [4.78, 5) is 8.77. The van der Waals surface area contributed by atoms with Crippen LogP contribution in [-0.4, -0.2) is 29.8 Å². The van der Waals surface area contributed by atoms with Gasteiger partial charge in [-0.15, -0.1) is 0 Å². The Labute approximate surface area is 159 Å². The van der Waals surface area contributed by atoms with Gasteiger partial charge in [-0.2, -0.15) is 5.26 Å². The van der Waals surface area contributed by atoms with Gasteiger partial charge in [0.05, 0.1) is 5.56 Å². The standard InChI is InChI=1S/C20H27FN6/c1-25-18(8-12-2-3-12)16(11-23)19-17(21)9-13(10-22)20(27-19)26-15-6-4-14(24)5-7-15/h9,11-12,14-15H,2-8,23-24H2,1H3,(H,26,27). The lowest BCUT2D eigenvalue weighted by Gasteiger charge is -2.27. The molecule has 2 saturated carbocycles. The van der Waals surface area contributed by atoms with Crippen molar-refractivity contribution in [2.24, 2.45) is 22.4 Å². The number of hydrogen-bond acceptors (Lipinski definition) is 6. The first-order chi connectivity index (χ1) is 13.0. The van der Waals surface area contributed by atoms with Crippen molar-refractivity contribution in [2.75, 3.05) is 12.4 Å². The number of nitriles is 1. The molecule has 1 aromatic heterocycles. The average Bonchev–Trinajstić information content (AvgIpc) is 3.49. The molecule has 27 heavy (non-hydrogen) atoms. The highest BCUT2D eigenvalue weighted by Crippen LogP contribution is 2.35. The molecule has 7 heteroatoms. The zero-order valence-corrected chi connectivity index (χ0v) is 15.7. The van der Waals surface area contributed by atoms with E-state index in [4.69, 9.17) is 11.5 Å². The predicted molar refractivity (Wildman–Crippen MR) is 106 cm³/mol. The molecule has 0 aromatic carbocycles. The Balaban J connectivity index is 1.89. The molecule has 2 aliphatic carbocycles. The molecule has 0 spiro atoms. The number of aromatic nitrogens is 1. The molecule has 3 rings (SSSR count). The largest absolute Gasteiger partial charge is 0.404 e. The Hall–Kier alpha value is -2.46. The third kappa shape index (κ3) is 4.64. The molecule has 144 valence electrons. The second-order valence-electron chi connectivity index (χ2n) is 7.48. The van der Waals surface area contributed by atoms with Gasteiger partial charge in [-0.1, -0.05) is 0 Å². The lowest BCUT2D eigenvalue weighted by molar-refractivity contribution is 0.410. The lowest BCUT2D eigenvalue weighted by atomic mass is 9.91. The quantitative estimate of drug-likeness (QED) is 0.666. The van der Waals surface area contributed by atoms with Crippen LogP contribution < -0.4 is 16.8 Å². The van der Waals surface area contributed by atoms with E-state index in [1.54, 1.807) is 7.05 Å². The van der Waals surface area contributed by atoms with Crippen molar-refractivity contribution in [3.8, 4) is 6.07 Å². The second kappa shape index (κ2) is 8.49. The van der Waals surface area contributed by atoms with Crippen LogP contribution in [0.1, 0.15) is 56.2 Å². The maximum absolute atomic E-state index is 14.7. The summed E-state index contributed by atoms with van der Waals surface area (Å²) < 4.78 is 14.7. The van der Waals surface area contributed by atoms with Gasteiger partial charge < -0.3 is 16.8 Å². The zero-order valence-electron chi connectivity index (χ0n) is 15.7. The van der Waals surface area contributed by atoms with Gasteiger partial charge in [-0.25, -0.2) is 9.37 Å². The van der Waals surface area contributed by atoms with Gasteiger partial charge in [0, 0.05) is 36.6 Å². The van der Waals surface area contributed by atoms with E-state index in [1.807, 2.05) is 6.07 Å². The van der Waals surface area contributed by atoms with Crippen LogP contribution in [0.2, 0.25) is 0 Å². The Morgan fingerprint density at radius 2 is 2.07 bits per heavy atom. The first kappa shape index (κ1) is 19.3. The number of nitrogens with one attached hydrogen (secondary N) is 1. The fourth-order valence-electron chi connectivity index (χ4n) is 3.56. The second-order valence-corrected chi connectivity index (χ2v) is 7.48. The van der Waals surface area contributed by atoms with E-state index in [-0.39, 0.29) is 23.3 Å². The smallest absolute Gasteiger partial charge is 0.151 e. The fourth-order valence-corrected chi connectivity index (χ4v) is 3.56. The van der Waals surface area contributed by atoms with Crippen LogP contribution in [0, 0.1) is 23.1 Å². The molecule has 0 amide bonds. The van der Waals surface area contributed by atoms with E-state index in [0.717, 1.165) is 50.7 Å². The minimum absolute atomic E-state index is 0.146. The number of nitrogens with two attached hydrogens (primary N) is 2. The number of aliphatic imine (C=N–C) groups is 1. The third-order valence-corrected chi connectivity index (χ3v) is 5.39. The summed E-state index contributed by atoms with van der Waals surface area (Å²) in [6, 6.07) is 3.67.